The fourth-order valence-electron chi connectivity index (χ4n) is 2.30. The van der Waals surface area contributed by atoms with Gasteiger partial charge in [0.05, 0.1) is 5.52 Å². The molecule has 0 spiro atoms. The minimum atomic E-state index is -1.51. The van der Waals surface area contributed by atoms with Crippen LogP contribution in [0.5, 0.6) is 5.75 Å². The third-order valence-electron chi connectivity index (χ3n) is 3.48. The number of hydrogen-bond donors (Lipinski definition) is 1. The van der Waals surface area contributed by atoms with E-state index in [1.807, 2.05) is 26.8 Å². The van der Waals surface area contributed by atoms with Crippen LogP contribution in [0.25, 0.3) is 10.9 Å². The molecule has 0 aliphatic heterocycles. The zero-order valence-electron chi connectivity index (χ0n) is 17.4. The third-order valence-corrected chi connectivity index (χ3v) is 5.09. The molecule has 150 valence electrons. The van der Waals surface area contributed by atoms with E-state index in [0.29, 0.717) is 5.52 Å². The average Bonchev–Trinajstić information content (AvgIpc) is 2.55. The predicted molar refractivity (Wildman–Crippen MR) is 118 cm³/mol. The number of carbonyl (C=O) groups excluding carboxylic acids is 1. The summed E-state index contributed by atoms with van der Waals surface area (Å²) in [6, 6.07) is 4.76. The van der Waals surface area contributed by atoms with Gasteiger partial charge in [-0.05, 0) is 39.2 Å². The van der Waals surface area contributed by atoms with Crippen molar-refractivity contribution in [1.29, 1.82) is 0 Å². The lowest BCUT2D eigenvalue weighted by Crippen LogP contribution is -2.46. The van der Waals surface area contributed by atoms with Crippen LogP contribution in [-0.2, 0) is 4.79 Å². The van der Waals surface area contributed by atoms with Crippen LogP contribution < -0.4 is 10.1 Å². The van der Waals surface area contributed by atoms with Gasteiger partial charge in [-0.3, -0.25) is 9.78 Å². The predicted octanol–water partition coefficient (Wildman–Crippen LogP) is 4.59. The van der Waals surface area contributed by atoms with Gasteiger partial charge in [0.1, 0.15) is 8.07 Å². The number of thioether (sulfide) groups is 1. The molecule has 7 heteroatoms. The molecule has 4 nitrogen and oxygen atoms in total. The largest absolute Gasteiger partial charge is 0.467 e. The number of benzene rings is 1. The number of aromatic nitrogens is 1. The molecule has 2 aromatic rings. The van der Waals surface area contributed by atoms with Gasteiger partial charge in [-0.25, -0.2) is 4.39 Å². The Balaban J connectivity index is 2.34. The van der Waals surface area contributed by atoms with Crippen molar-refractivity contribution in [1.82, 2.24) is 10.3 Å². The smallest absolute Gasteiger partial charge is 0.272 e. The van der Waals surface area contributed by atoms with E-state index in [4.69, 9.17) is 4.74 Å². The van der Waals surface area contributed by atoms with Gasteiger partial charge < -0.3 is 10.1 Å². The van der Waals surface area contributed by atoms with Crippen LogP contribution in [-0.4, -0.2) is 36.2 Å². The van der Waals surface area contributed by atoms with Crippen molar-refractivity contribution in [3.63, 3.8) is 0 Å². The highest BCUT2D eigenvalue weighted by Crippen LogP contribution is 2.27. The summed E-state index contributed by atoms with van der Waals surface area (Å²) >= 11 is 1.21. The van der Waals surface area contributed by atoms with E-state index < -0.39 is 24.9 Å². The highest BCUT2D eigenvalue weighted by Gasteiger charge is 2.25. The van der Waals surface area contributed by atoms with E-state index in [9.17, 15) is 9.18 Å². The van der Waals surface area contributed by atoms with E-state index in [0.717, 1.165) is 10.9 Å². The number of carbonyl (C=O) groups is 1. The Bertz CT molecular complexity index is 940. The number of pyridine rings is 1. The molecular formula is C21H27FN2O2SSi. The van der Waals surface area contributed by atoms with Crippen LogP contribution >= 0.6 is 11.8 Å². The van der Waals surface area contributed by atoms with Crippen LogP contribution in [0.2, 0.25) is 19.6 Å². The highest BCUT2D eigenvalue weighted by molar-refractivity contribution is 7.99. The standard InChI is InChI=1S/C21H27FN2O2SSi/c1-21(2,3)24-19(25)20(27-4)26-18-11-15-10-14(8-9-28(5,6)7)13-23-17(15)12-16(18)22/h10-13,20H,1-7H3,(H,24,25). The van der Waals surface area contributed by atoms with Crippen LogP contribution in [0.3, 0.4) is 0 Å². The van der Waals surface area contributed by atoms with Gasteiger partial charge >= 0.3 is 0 Å². The SMILES string of the molecule is CSC(Oc1cc2cc(C#C[Si](C)(C)C)cnc2cc1F)C(=O)NC(C)(C)C. The molecule has 0 fully saturated rings. The molecule has 1 aromatic carbocycles. The zero-order valence-corrected chi connectivity index (χ0v) is 19.3. The van der Waals surface area contributed by atoms with E-state index in [1.54, 1.807) is 18.5 Å². The van der Waals surface area contributed by atoms with Crippen LogP contribution in [0.15, 0.2) is 24.4 Å². The molecule has 0 bridgehead atoms. The highest BCUT2D eigenvalue weighted by atomic mass is 32.2. The molecule has 1 atom stereocenters. The molecule has 1 unspecified atom stereocenters. The number of ether oxygens (including phenoxy) is 1. The average molecular weight is 419 g/mol. The summed E-state index contributed by atoms with van der Waals surface area (Å²) in [6.07, 6.45) is 3.40. The lowest BCUT2D eigenvalue weighted by molar-refractivity contribution is -0.125. The summed E-state index contributed by atoms with van der Waals surface area (Å²) < 4.78 is 20.2. The van der Waals surface area contributed by atoms with Crippen molar-refractivity contribution in [2.24, 2.45) is 0 Å². The van der Waals surface area contributed by atoms with Crippen molar-refractivity contribution in [2.45, 2.75) is 51.4 Å². The maximum atomic E-state index is 14.5. The van der Waals surface area contributed by atoms with Gasteiger partial charge in [-0.1, -0.05) is 25.6 Å². The van der Waals surface area contributed by atoms with Gasteiger partial charge in [0.25, 0.3) is 5.91 Å². The first kappa shape index (κ1) is 22.2. The first-order valence-corrected chi connectivity index (χ1v) is 13.8. The van der Waals surface area contributed by atoms with Crippen LogP contribution in [0.1, 0.15) is 26.3 Å². The monoisotopic (exact) mass is 418 g/mol. The van der Waals surface area contributed by atoms with Gasteiger partial charge in [0.15, 0.2) is 11.6 Å². The molecule has 1 N–H and O–H groups in total. The number of nitrogens with zero attached hydrogens (tertiary/aromatic N) is 1. The van der Waals surface area contributed by atoms with Crippen molar-refractivity contribution < 1.29 is 13.9 Å². The second kappa shape index (κ2) is 8.54. The molecule has 1 amide bonds. The lowest BCUT2D eigenvalue weighted by atomic mass is 10.1. The van der Waals surface area contributed by atoms with Gasteiger partial charge in [-0.2, -0.15) is 0 Å². The Morgan fingerprint density at radius 3 is 2.54 bits per heavy atom. The summed E-state index contributed by atoms with van der Waals surface area (Å²) in [5.41, 5.74) is 3.34. The number of nitrogens with one attached hydrogen (secondary N) is 1. The second-order valence-corrected chi connectivity index (χ2v) is 14.3. The molecule has 0 aliphatic rings. The first-order chi connectivity index (χ1) is 12.9. The summed E-state index contributed by atoms with van der Waals surface area (Å²) in [5, 5.41) is 3.57. The van der Waals surface area contributed by atoms with Gasteiger partial charge in [0, 0.05) is 28.8 Å². The van der Waals surface area contributed by atoms with Gasteiger partial charge in [0.2, 0.25) is 5.44 Å². The molecule has 1 heterocycles. The number of amides is 1. The Morgan fingerprint density at radius 1 is 1.29 bits per heavy atom. The molecular weight excluding hydrogens is 391 g/mol. The third kappa shape index (κ3) is 6.53. The molecule has 2 rings (SSSR count). The number of fused-ring (bicyclic) bond motifs is 1. The molecule has 0 saturated heterocycles. The molecule has 0 saturated carbocycles. The summed E-state index contributed by atoms with van der Waals surface area (Å²) in [6.45, 7) is 12.2. The van der Waals surface area contributed by atoms with E-state index in [2.05, 4.69) is 41.4 Å². The van der Waals surface area contributed by atoms with E-state index in [-0.39, 0.29) is 11.7 Å². The topological polar surface area (TPSA) is 51.2 Å². The molecule has 0 radical (unpaired) electrons. The number of rotatable bonds is 4. The van der Waals surface area contributed by atoms with E-state index >= 15 is 0 Å². The normalized spacial score (nSPS) is 12.9. The maximum Gasteiger partial charge on any atom is 0.272 e. The Hall–Kier alpha value is -2.04. The van der Waals surface area contributed by atoms with Crippen LogP contribution in [0.4, 0.5) is 4.39 Å². The Morgan fingerprint density at radius 2 is 1.96 bits per heavy atom. The first-order valence-electron chi connectivity index (χ1n) is 9.02. The van der Waals surface area contributed by atoms with Gasteiger partial charge in [-0.15, -0.1) is 17.3 Å². The van der Waals surface area contributed by atoms with Crippen molar-refractivity contribution >= 4 is 36.6 Å². The summed E-state index contributed by atoms with van der Waals surface area (Å²) in [7, 11) is -1.51. The fraction of sp³-hybridized carbons (Fsp3) is 0.429. The minimum Gasteiger partial charge on any atom is -0.467 e. The number of halogens is 1. The maximum absolute atomic E-state index is 14.5. The number of hydrogen-bond acceptors (Lipinski definition) is 4. The Kier molecular flexibility index (Phi) is 6.78. The Labute approximate surface area is 171 Å². The molecule has 1 aromatic heterocycles. The van der Waals surface area contributed by atoms with E-state index in [1.165, 1.54) is 17.8 Å². The minimum absolute atomic E-state index is 0.0213. The second-order valence-electron chi connectivity index (χ2n) is 8.62. The van der Waals surface area contributed by atoms with Crippen molar-refractivity contribution in [2.75, 3.05) is 6.26 Å². The molecule has 28 heavy (non-hydrogen) atoms. The summed E-state index contributed by atoms with van der Waals surface area (Å²) in [4.78, 5) is 16.7. The summed E-state index contributed by atoms with van der Waals surface area (Å²) in [5.74, 6) is 2.32. The van der Waals surface area contributed by atoms with Crippen molar-refractivity contribution in [3.05, 3.63) is 35.8 Å². The quantitative estimate of drug-likeness (QED) is 0.448. The van der Waals surface area contributed by atoms with Crippen molar-refractivity contribution in [3.8, 4) is 17.2 Å². The fourth-order valence-corrected chi connectivity index (χ4v) is 3.29. The lowest BCUT2D eigenvalue weighted by Gasteiger charge is -2.24. The molecule has 0 aliphatic carbocycles. The van der Waals surface area contributed by atoms with Crippen LogP contribution in [0, 0.1) is 17.3 Å². The zero-order chi connectivity index (χ0) is 21.1.